The quantitative estimate of drug-likeness (QED) is 0.801. The lowest BCUT2D eigenvalue weighted by Crippen LogP contribution is -2.18. The minimum absolute atomic E-state index is 0.344. The Morgan fingerprint density at radius 1 is 1.29 bits per heavy atom. The molecule has 3 aliphatic rings. The molecule has 2 saturated carbocycles. The number of ether oxygens (including phenoxy) is 1. The zero-order valence-electron chi connectivity index (χ0n) is 13.1. The fourth-order valence-corrected chi connectivity index (χ4v) is 5.00. The van der Waals surface area contributed by atoms with Gasteiger partial charge in [-0.15, -0.1) is 0 Å². The third kappa shape index (κ3) is 3.20. The molecule has 1 N–H and O–H groups in total. The average molecular weight is 364 g/mol. The van der Waals surface area contributed by atoms with Gasteiger partial charge in [0.1, 0.15) is 5.75 Å². The molecule has 3 atom stereocenters. The highest BCUT2D eigenvalue weighted by Gasteiger charge is 2.39. The van der Waals surface area contributed by atoms with E-state index in [2.05, 4.69) is 5.32 Å². The second kappa shape index (κ2) is 6.45. The van der Waals surface area contributed by atoms with Crippen molar-refractivity contribution < 1.29 is 14.3 Å². The molecule has 3 fully saturated rings. The van der Waals surface area contributed by atoms with Crippen LogP contribution >= 0.6 is 23.4 Å². The van der Waals surface area contributed by atoms with Crippen molar-refractivity contribution in [3.8, 4) is 5.75 Å². The molecule has 1 aliphatic heterocycles. The van der Waals surface area contributed by atoms with Crippen LogP contribution < -0.4 is 10.1 Å². The minimum atomic E-state index is -0.363. The Kier molecular flexibility index (Phi) is 4.31. The summed E-state index contributed by atoms with van der Waals surface area (Å²) in [4.78, 5) is 23.1. The van der Waals surface area contributed by atoms with E-state index in [1.807, 2.05) is 12.1 Å². The van der Waals surface area contributed by atoms with Crippen LogP contribution in [0.25, 0.3) is 6.08 Å². The van der Waals surface area contributed by atoms with E-state index in [0.29, 0.717) is 21.6 Å². The van der Waals surface area contributed by atoms with E-state index < -0.39 is 0 Å². The maximum absolute atomic E-state index is 11.6. The smallest absolute Gasteiger partial charge is 0.290 e. The lowest BCUT2D eigenvalue weighted by Gasteiger charge is -2.22. The van der Waals surface area contributed by atoms with Crippen molar-refractivity contribution in [2.75, 3.05) is 6.61 Å². The van der Waals surface area contributed by atoms with E-state index in [4.69, 9.17) is 16.3 Å². The second-order valence-electron chi connectivity index (χ2n) is 6.79. The van der Waals surface area contributed by atoms with Gasteiger partial charge in [0, 0.05) is 0 Å². The Bertz CT molecular complexity index is 733. The Balaban J connectivity index is 1.42. The number of halogens is 1. The summed E-state index contributed by atoms with van der Waals surface area (Å²) >= 11 is 7.22. The van der Waals surface area contributed by atoms with Gasteiger partial charge >= 0.3 is 0 Å². The SMILES string of the molecule is O=C1NC(=O)/C(=C/c2ccc(OCC3CC4CCC3C4)c(Cl)c2)S1. The maximum atomic E-state index is 11.6. The van der Waals surface area contributed by atoms with Crippen LogP contribution in [0, 0.1) is 17.8 Å². The third-order valence-electron chi connectivity index (χ3n) is 5.23. The number of rotatable bonds is 4. The van der Waals surface area contributed by atoms with Crippen LogP contribution in [-0.4, -0.2) is 17.8 Å². The maximum Gasteiger partial charge on any atom is 0.290 e. The van der Waals surface area contributed by atoms with Crippen molar-refractivity contribution in [2.24, 2.45) is 17.8 Å². The van der Waals surface area contributed by atoms with E-state index in [1.165, 1.54) is 25.7 Å². The van der Waals surface area contributed by atoms with Gasteiger partial charge in [0.2, 0.25) is 0 Å². The van der Waals surface area contributed by atoms with Gasteiger partial charge in [0.05, 0.1) is 16.5 Å². The zero-order chi connectivity index (χ0) is 16.7. The van der Waals surface area contributed by atoms with E-state index >= 15 is 0 Å². The number of amides is 2. The third-order valence-corrected chi connectivity index (χ3v) is 6.34. The van der Waals surface area contributed by atoms with Gasteiger partial charge < -0.3 is 4.74 Å². The molecule has 0 spiro atoms. The van der Waals surface area contributed by atoms with Crippen molar-refractivity contribution in [1.29, 1.82) is 0 Å². The average Bonchev–Trinajstić information content (AvgIpc) is 3.23. The molecule has 2 aliphatic carbocycles. The fourth-order valence-electron chi connectivity index (χ4n) is 4.07. The zero-order valence-corrected chi connectivity index (χ0v) is 14.7. The topological polar surface area (TPSA) is 55.4 Å². The number of benzene rings is 1. The molecule has 4 rings (SSSR count). The molecule has 1 saturated heterocycles. The van der Waals surface area contributed by atoms with Gasteiger partial charge in [-0.2, -0.15) is 0 Å². The number of carbonyl (C=O) groups is 2. The highest BCUT2D eigenvalue weighted by molar-refractivity contribution is 8.18. The molecule has 2 amide bonds. The highest BCUT2D eigenvalue weighted by Crippen LogP contribution is 2.48. The van der Waals surface area contributed by atoms with E-state index in [0.717, 1.165) is 35.8 Å². The normalized spacial score (nSPS) is 30.2. The molecular formula is C18H18ClNO3S. The molecule has 1 heterocycles. The monoisotopic (exact) mass is 363 g/mol. The number of thioether (sulfide) groups is 1. The van der Waals surface area contributed by atoms with E-state index in [9.17, 15) is 9.59 Å². The molecule has 3 unspecified atom stereocenters. The lowest BCUT2D eigenvalue weighted by molar-refractivity contribution is -0.115. The first-order valence-corrected chi connectivity index (χ1v) is 9.45. The highest BCUT2D eigenvalue weighted by atomic mass is 35.5. The van der Waals surface area contributed by atoms with Crippen molar-refractivity contribution in [3.63, 3.8) is 0 Å². The summed E-state index contributed by atoms with van der Waals surface area (Å²) in [7, 11) is 0. The van der Waals surface area contributed by atoms with Crippen LogP contribution in [0.1, 0.15) is 31.2 Å². The van der Waals surface area contributed by atoms with Gasteiger partial charge in [-0.3, -0.25) is 14.9 Å². The molecule has 24 heavy (non-hydrogen) atoms. The van der Waals surface area contributed by atoms with Gasteiger partial charge in [0.25, 0.3) is 11.1 Å². The van der Waals surface area contributed by atoms with E-state index in [1.54, 1.807) is 12.1 Å². The van der Waals surface area contributed by atoms with Crippen molar-refractivity contribution in [3.05, 3.63) is 33.7 Å². The van der Waals surface area contributed by atoms with Crippen molar-refractivity contribution >= 4 is 40.6 Å². The molecule has 0 radical (unpaired) electrons. The lowest BCUT2D eigenvalue weighted by atomic mass is 9.89. The van der Waals surface area contributed by atoms with Gasteiger partial charge in [-0.05, 0) is 72.6 Å². The molecule has 126 valence electrons. The minimum Gasteiger partial charge on any atom is -0.492 e. The molecular weight excluding hydrogens is 346 g/mol. The summed E-state index contributed by atoms with van der Waals surface area (Å²) in [6.07, 6.45) is 7.05. The van der Waals surface area contributed by atoms with Gasteiger partial charge in [-0.25, -0.2) is 0 Å². The van der Waals surface area contributed by atoms with Crippen LogP contribution in [0.5, 0.6) is 5.75 Å². The Hall–Kier alpha value is -1.46. The fraction of sp³-hybridized carbons (Fsp3) is 0.444. The van der Waals surface area contributed by atoms with Gasteiger partial charge in [0.15, 0.2) is 0 Å². The molecule has 1 aromatic rings. The summed E-state index contributed by atoms with van der Waals surface area (Å²) < 4.78 is 5.95. The van der Waals surface area contributed by atoms with Crippen LogP contribution in [-0.2, 0) is 4.79 Å². The van der Waals surface area contributed by atoms with Gasteiger partial charge in [-0.1, -0.05) is 24.1 Å². The first-order valence-electron chi connectivity index (χ1n) is 8.25. The standard InChI is InChI=1S/C18H18ClNO3S/c19-14-7-11(8-16-17(21)20-18(22)24-16)2-4-15(14)23-9-13-6-10-1-3-12(13)5-10/h2,4,7-8,10,12-13H,1,3,5-6,9H2,(H,20,21,22)/b16-8-. The van der Waals surface area contributed by atoms with Crippen molar-refractivity contribution in [2.45, 2.75) is 25.7 Å². The van der Waals surface area contributed by atoms with Crippen molar-refractivity contribution in [1.82, 2.24) is 5.32 Å². The Morgan fingerprint density at radius 2 is 2.17 bits per heavy atom. The molecule has 1 aromatic carbocycles. The van der Waals surface area contributed by atoms with Crippen LogP contribution in [0.2, 0.25) is 5.02 Å². The molecule has 6 heteroatoms. The summed E-state index contributed by atoms with van der Waals surface area (Å²) in [6.45, 7) is 0.730. The van der Waals surface area contributed by atoms with E-state index in [-0.39, 0.29) is 11.1 Å². The Morgan fingerprint density at radius 3 is 2.79 bits per heavy atom. The number of hydrogen-bond donors (Lipinski definition) is 1. The predicted octanol–water partition coefficient (Wildman–Crippen LogP) is 4.48. The summed E-state index contributed by atoms with van der Waals surface area (Å²) in [5.74, 6) is 2.71. The first-order chi connectivity index (χ1) is 11.6. The number of fused-ring (bicyclic) bond motifs is 2. The van der Waals surface area contributed by atoms with Crippen LogP contribution in [0.3, 0.4) is 0 Å². The summed E-state index contributed by atoms with van der Waals surface area (Å²) in [6, 6.07) is 5.45. The number of nitrogens with one attached hydrogen (secondary N) is 1. The molecule has 0 aromatic heterocycles. The first kappa shape index (κ1) is 16.0. The summed E-state index contributed by atoms with van der Waals surface area (Å²) in [5, 5.41) is 2.42. The predicted molar refractivity (Wildman–Crippen MR) is 95.0 cm³/mol. The van der Waals surface area contributed by atoms with Crippen LogP contribution in [0.15, 0.2) is 23.1 Å². The summed E-state index contributed by atoms with van der Waals surface area (Å²) in [5.41, 5.74) is 0.777. The largest absolute Gasteiger partial charge is 0.492 e. The Labute approximate surface area is 150 Å². The van der Waals surface area contributed by atoms with Crippen LogP contribution in [0.4, 0.5) is 4.79 Å². The second-order valence-corrected chi connectivity index (χ2v) is 8.21. The molecule has 2 bridgehead atoms. The number of imide groups is 1. The molecule has 4 nitrogen and oxygen atoms in total. The number of hydrogen-bond acceptors (Lipinski definition) is 4. The number of carbonyl (C=O) groups excluding carboxylic acids is 2.